The van der Waals surface area contributed by atoms with Crippen molar-refractivity contribution < 1.29 is 13.9 Å². The van der Waals surface area contributed by atoms with Crippen molar-refractivity contribution in [1.82, 2.24) is 0 Å². The molecule has 0 heterocycles. The van der Waals surface area contributed by atoms with Crippen LogP contribution in [0, 0.1) is 18.6 Å². The van der Waals surface area contributed by atoms with E-state index in [1.54, 1.807) is 31.2 Å². The molecule has 0 aliphatic carbocycles. The fraction of sp³-hybridized carbons (Fsp3) is 0.250. The van der Waals surface area contributed by atoms with E-state index in [1.807, 2.05) is 0 Å². The molecule has 0 fully saturated rings. The third-order valence-electron chi connectivity index (χ3n) is 3.41. The number of rotatable bonds is 4. The highest BCUT2D eigenvalue weighted by Gasteiger charge is 2.26. The van der Waals surface area contributed by atoms with Crippen LogP contribution in [0.4, 0.5) is 8.78 Å². The summed E-state index contributed by atoms with van der Waals surface area (Å²) in [6.07, 6.45) is -1.18. The minimum Gasteiger partial charge on any atom is -0.388 e. The van der Waals surface area contributed by atoms with E-state index in [1.165, 1.54) is 18.2 Å². The molecular formula is C16H17F2NO. The summed E-state index contributed by atoms with van der Waals surface area (Å²) in [5.41, 5.74) is 6.83. The highest BCUT2D eigenvalue weighted by Crippen LogP contribution is 2.33. The first-order valence-electron chi connectivity index (χ1n) is 6.43. The van der Waals surface area contributed by atoms with E-state index in [2.05, 4.69) is 0 Å². The molecule has 0 amide bonds. The molecule has 106 valence electrons. The van der Waals surface area contributed by atoms with Gasteiger partial charge in [-0.25, -0.2) is 8.78 Å². The van der Waals surface area contributed by atoms with Crippen molar-refractivity contribution in [2.75, 3.05) is 6.54 Å². The van der Waals surface area contributed by atoms with Gasteiger partial charge in [-0.2, -0.15) is 0 Å². The smallest absolute Gasteiger partial charge is 0.129 e. The average Bonchev–Trinajstić information content (AvgIpc) is 2.41. The Kier molecular flexibility index (Phi) is 4.47. The number of hydrogen-bond donors (Lipinski definition) is 2. The Balaban J connectivity index is 2.39. The van der Waals surface area contributed by atoms with Gasteiger partial charge in [0.1, 0.15) is 11.6 Å². The number of halogens is 2. The van der Waals surface area contributed by atoms with Gasteiger partial charge >= 0.3 is 0 Å². The number of hydrogen-bond acceptors (Lipinski definition) is 2. The summed E-state index contributed by atoms with van der Waals surface area (Å²) in [7, 11) is 0. The van der Waals surface area contributed by atoms with Gasteiger partial charge < -0.3 is 10.8 Å². The summed E-state index contributed by atoms with van der Waals surface area (Å²) in [5, 5.41) is 10.3. The minimum atomic E-state index is -1.18. The zero-order valence-electron chi connectivity index (χ0n) is 11.2. The molecule has 2 aromatic rings. The summed E-state index contributed by atoms with van der Waals surface area (Å²) in [5.74, 6) is -1.64. The second-order valence-electron chi connectivity index (χ2n) is 4.83. The summed E-state index contributed by atoms with van der Waals surface area (Å²) in [4.78, 5) is 0. The maximum absolute atomic E-state index is 13.9. The second kappa shape index (κ2) is 6.11. The molecule has 20 heavy (non-hydrogen) atoms. The van der Waals surface area contributed by atoms with Crippen molar-refractivity contribution >= 4 is 0 Å². The average molecular weight is 277 g/mol. The van der Waals surface area contributed by atoms with Crippen molar-refractivity contribution in [2.24, 2.45) is 5.73 Å². The third kappa shape index (κ3) is 2.86. The number of aryl methyl sites for hydroxylation is 1. The molecule has 0 bridgehead atoms. The van der Waals surface area contributed by atoms with E-state index < -0.39 is 23.7 Å². The molecule has 0 spiro atoms. The van der Waals surface area contributed by atoms with Crippen LogP contribution in [0.3, 0.4) is 0 Å². The van der Waals surface area contributed by atoms with Crippen molar-refractivity contribution in [2.45, 2.75) is 18.9 Å². The maximum atomic E-state index is 13.9. The molecule has 0 saturated heterocycles. The summed E-state index contributed by atoms with van der Waals surface area (Å²) in [6.45, 7) is 1.78. The van der Waals surface area contributed by atoms with Crippen LogP contribution in [0.2, 0.25) is 0 Å². The van der Waals surface area contributed by atoms with Gasteiger partial charge in [0.25, 0.3) is 0 Å². The van der Waals surface area contributed by atoms with Crippen molar-refractivity contribution in [3.05, 3.63) is 70.8 Å². The molecule has 3 N–H and O–H groups in total. The maximum Gasteiger partial charge on any atom is 0.129 e. The van der Waals surface area contributed by atoms with Gasteiger partial charge in [-0.3, -0.25) is 0 Å². The summed E-state index contributed by atoms with van der Waals surface area (Å²) >= 11 is 0. The van der Waals surface area contributed by atoms with E-state index in [0.29, 0.717) is 5.56 Å². The number of nitrogens with two attached hydrogens (primary N) is 1. The molecule has 2 rings (SSSR count). The van der Waals surface area contributed by atoms with Gasteiger partial charge in [0.2, 0.25) is 0 Å². The molecular weight excluding hydrogens is 260 g/mol. The number of aliphatic hydroxyl groups excluding tert-OH is 1. The highest BCUT2D eigenvalue weighted by atomic mass is 19.1. The van der Waals surface area contributed by atoms with Gasteiger partial charge in [-0.1, -0.05) is 30.3 Å². The zero-order valence-corrected chi connectivity index (χ0v) is 11.2. The van der Waals surface area contributed by atoms with Crippen LogP contribution in [0.25, 0.3) is 0 Å². The predicted octanol–water partition coefficient (Wildman–Crippen LogP) is 3.05. The monoisotopic (exact) mass is 277 g/mol. The van der Waals surface area contributed by atoms with Crippen molar-refractivity contribution in [3.63, 3.8) is 0 Å². The van der Waals surface area contributed by atoms with Crippen molar-refractivity contribution in [3.8, 4) is 0 Å². The van der Waals surface area contributed by atoms with Crippen LogP contribution in [0.1, 0.15) is 28.7 Å². The molecule has 2 atom stereocenters. The number of aliphatic hydroxyl groups is 1. The predicted molar refractivity (Wildman–Crippen MR) is 74.3 cm³/mol. The molecule has 4 heteroatoms. The molecule has 0 saturated carbocycles. The lowest BCUT2D eigenvalue weighted by atomic mass is 9.88. The topological polar surface area (TPSA) is 46.2 Å². The van der Waals surface area contributed by atoms with Gasteiger partial charge in [0.15, 0.2) is 0 Å². The first-order chi connectivity index (χ1) is 9.54. The van der Waals surface area contributed by atoms with Crippen LogP contribution in [0.5, 0.6) is 0 Å². The highest BCUT2D eigenvalue weighted by molar-refractivity contribution is 5.31. The third-order valence-corrected chi connectivity index (χ3v) is 3.41. The Bertz CT molecular complexity index is 601. The van der Waals surface area contributed by atoms with Gasteiger partial charge in [-0.15, -0.1) is 0 Å². The first-order valence-corrected chi connectivity index (χ1v) is 6.43. The normalized spacial score (nSPS) is 14.1. The SMILES string of the molecule is Cc1ccc(C(O)C(CN)c2ccccc2F)c(F)c1. The molecule has 2 unspecified atom stereocenters. The molecule has 0 radical (unpaired) electrons. The molecule has 0 aliphatic rings. The zero-order chi connectivity index (χ0) is 14.7. The Morgan fingerprint density at radius 3 is 2.35 bits per heavy atom. The summed E-state index contributed by atoms with van der Waals surface area (Å²) in [6, 6.07) is 10.6. The molecule has 0 aliphatic heterocycles. The lowest BCUT2D eigenvalue weighted by Crippen LogP contribution is -2.22. The molecule has 2 nitrogen and oxygen atoms in total. The Morgan fingerprint density at radius 2 is 1.75 bits per heavy atom. The molecule has 2 aromatic carbocycles. The van der Waals surface area contributed by atoms with E-state index in [4.69, 9.17) is 5.73 Å². The van der Waals surface area contributed by atoms with Crippen LogP contribution in [-0.2, 0) is 0 Å². The Labute approximate surface area is 116 Å². The standard InChI is InChI=1S/C16H17F2NO/c1-10-6-7-12(15(18)8-10)16(20)13(9-19)11-4-2-3-5-14(11)17/h2-8,13,16,20H,9,19H2,1H3. The fourth-order valence-electron chi connectivity index (χ4n) is 2.29. The second-order valence-corrected chi connectivity index (χ2v) is 4.83. The quantitative estimate of drug-likeness (QED) is 0.902. The fourth-order valence-corrected chi connectivity index (χ4v) is 2.29. The van der Waals surface area contributed by atoms with E-state index in [0.717, 1.165) is 5.56 Å². The van der Waals surface area contributed by atoms with Crippen LogP contribution in [-0.4, -0.2) is 11.7 Å². The largest absolute Gasteiger partial charge is 0.388 e. The van der Waals surface area contributed by atoms with Crippen LogP contribution in [0.15, 0.2) is 42.5 Å². The van der Waals surface area contributed by atoms with Crippen molar-refractivity contribution in [1.29, 1.82) is 0 Å². The molecule has 0 aromatic heterocycles. The lowest BCUT2D eigenvalue weighted by Gasteiger charge is -2.23. The van der Waals surface area contributed by atoms with Gasteiger partial charge in [0.05, 0.1) is 6.10 Å². The summed E-state index contributed by atoms with van der Waals surface area (Å²) < 4.78 is 27.7. The lowest BCUT2D eigenvalue weighted by molar-refractivity contribution is 0.141. The Morgan fingerprint density at radius 1 is 1.05 bits per heavy atom. The van der Waals surface area contributed by atoms with E-state index in [9.17, 15) is 13.9 Å². The van der Waals surface area contributed by atoms with Gasteiger partial charge in [-0.05, 0) is 30.2 Å². The Hall–Kier alpha value is -1.78. The van der Waals surface area contributed by atoms with Crippen LogP contribution >= 0.6 is 0 Å². The van der Waals surface area contributed by atoms with E-state index in [-0.39, 0.29) is 12.1 Å². The van der Waals surface area contributed by atoms with Crippen LogP contribution < -0.4 is 5.73 Å². The van der Waals surface area contributed by atoms with Gasteiger partial charge in [0, 0.05) is 18.0 Å². The minimum absolute atomic E-state index is 0.0232. The number of benzene rings is 2. The van der Waals surface area contributed by atoms with E-state index >= 15 is 0 Å². The first kappa shape index (κ1) is 14.6.